The Kier molecular flexibility index (Phi) is 5.90. The number of ether oxygens (including phenoxy) is 1. The van der Waals surface area contributed by atoms with E-state index in [1.807, 2.05) is 6.08 Å². The Bertz CT molecular complexity index is 1100. The van der Waals surface area contributed by atoms with Crippen molar-refractivity contribution in [2.75, 3.05) is 0 Å². The number of hydrogen-bond acceptors (Lipinski definition) is 5. The maximum absolute atomic E-state index is 14.4. The van der Waals surface area contributed by atoms with Gasteiger partial charge in [-0.05, 0) is 104 Å². The van der Waals surface area contributed by atoms with E-state index in [0.717, 1.165) is 57.8 Å². The molecule has 0 saturated heterocycles. The van der Waals surface area contributed by atoms with Crippen LogP contribution in [0.2, 0.25) is 0 Å². The van der Waals surface area contributed by atoms with Crippen molar-refractivity contribution in [3.05, 3.63) is 11.6 Å². The predicted octanol–water partition coefficient (Wildman–Crippen LogP) is 6.99. The van der Waals surface area contributed by atoms with Gasteiger partial charge in [0.2, 0.25) is 6.08 Å². The highest BCUT2D eigenvalue weighted by Crippen LogP contribution is 2.75. The molecule has 0 aliphatic heterocycles. The second-order valence-electron chi connectivity index (χ2n) is 15.4. The van der Waals surface area contributed by atoms with Gasteiger partial charge in [-0.15, -0.1) is 0 Å². The molecule has 0 heterocycles. The van der Waals surface area contributed by atoms with Crippen molar-refractivity contribution in [1.82, 2.24) is 0 Å². The first-order valence-corrected chi connectivity index (χ1v) is 14.6. The molecular formula is C32H47NO4. The topological polar surface area (TPSA) is 72.8 Å². The molecule has 3 unspecified atom stereocenters. The van der Waals surface area contributed by atoms with Crippen LogP contribution >= 0.6 is 0 Å². The van der Waals surface area contributed by atoms with Crippen LogP contribution in [0.1, 0.15) is 113 Å². The van der Waals surface area contributed by atoms with Gasteiger partial charge in [0, 0.05) is 18.3 Å². The molecule has 5 heteroatoms. The highest BCUT2D eigenvalue weighted by molar-refractivity contribution is 5.95. The molecule has 0 bridgehead atoms. The van der Waals surface area contributed by atoms with Gasteiger partial charge in [0.25, 0.3) is 0 Å². The third kappa shape index (κ3) is 3.55. The Morgan fingerprint density at radius 1 is 0.973 bits per heavy atom. The van der Waals surface area contributed by atoms with E-state index in [1.165, 1.54) is 12.5 Å². The number of ketones is 1. The van der Waals surface area contributed by atoms with Crippen LogP contribution in [0.15, 0.2) is 16.6 Å². The largest absolute Gasteiger partial charge is 0.462 e. The zero-order valence-corrected chi connectivity index (χ0v) is 24.3. The van der Waals surface area contributed by atoms with E-state index in [1.54, 1.807) is 0 Å². The molecule has 0 N–H and O–H groups in total. The van der Waals surface area contributed by atoms with Crippen molar-refractivity contribution in [1.29, 1.82) is 0 Å². The summed E-state index contributed by atoms with van der Waals surface area (Å²) >= 11 is 0. The summed E-state index contributed by atoms with van der Waals surface area (Å²) in [6.07, 6.45) is 12.7. The molecule has 37 heavy (non-hydrogen) atoms. The van der Waals surface area contributed by atoms with E-state index in [-0.39, 0.29) is 51.0 Å². The van der Waals surface area contributed by atoms with Crippen molar-refractivity contribution in [2.45, 2.75) is 125 Å². The lowest BCUT2D eigenvalue weighted by molar-refractivity contribution is -0.209. The van der Waals surface area contributed by atoms with Crippen LogP contribution in [0, 0.1) is 44.8 Å². The number of isocyanates is 1. The van der Waals surface area contributed by atoms with Gasteiger partial charge < -0.3 is 4.74 Å². The quantitative estimate of drug-likeness (QED) is 0.228. The molecular weight excluding hydrogens is 462 g/mol. The van der Waals surface area contributed by atoms with E-state index >= 15 is 0 Å². The summed E-state index contributed by atoms with van der Waals surface area (Å²) in [7, 11) is 0. The monoisotopic (exact) mass is 509 g/mol. The third-order valence-corrected chi connectivity index (χ3v) is 13.1. The normalized spacial score (nSPS) is 50.3. The first kappa shape index (κ1) is 26.9. The SMILES string of the molecule is CC(=O)OC1CC[C@@]2(C)C(CC[C@]3(C)C2C(=O)C=C2[C@H]4C[C@@](C)(N=C=O)CC[C@]4(C)CC[C@]23C)C1(C)C. The van der Waals surface area contributed by atoms with Gasteiger partial charge >= 0.3 is 5.97 Å². The van der Waals surface area contributed by atoms with Crippen LogP contribution < -0.4 is 0 Å². The number of nitrogens with zero attached hydrogens (tertiary/aromatic N) is 1. The van der Waals surface area contributed by atoms with Gasteiger partial charge in [-0.25, -0.2) is 4.79 Å². The number of esters is 1. The fourth-order valence-electron chi connectivity index (χ4n) is 10.8. The number of fused-ring (bicyclic) bond motifs is 7. The summed E-state index contributed by atoms with van der Waals surface area (Å²) in [5.41, 5.74) is 0.628. The lowest BCUT2D eigenvalue weighted by Crippen LogP contribution is -2.66. The molecule has 9 atom stereocenters. The van der Waals surface area contributed by atoms with Crippen molar-refractivity contribution < 1.29 is 19.1 Å². The molecule has 0 radical (unpaired) electrons. The number of aliphatic imine (C=N–C) groups is 1. The number of carbonyl (C=O) groups is 2. The van der Waals surface area contributed by atoms with Gasteiger partial charge in [0.1, 0.15) is 6.10 Å². The minimum Gasteiger partial charge on any atom is -0.462 e. The van der Waals surface area contributed by atoms with E-state index in [9.17, 15) is 14.4 Å². The van der Waals surface area contributed by atoms with Crippen molar-refractivity contribution in [2.24, 2.45) is 49.8 Å². The van der Waals surface area contributed by atoms with E-state index in [2.05, 4.69) is 59.5 Å². The summed E-state index contributed by atoms with van der Waals surface area (Å²) in [6.45, 7) is 17.7. The minimum atomic E-state index is -0.394. The first-order chi connectivity index (χ1) is 17.1. The van der Waals surface area contributed by atoms with Crippen LogP contribution in [-0.2, 0) is 19.1 Å². The molecule has 4 saturated carbocycles. The van der Waals surface area contributed by atoms with E-state index in [0.29, 0.717) is 11.7 Å². The predicted molar refractivity (Wildman–Crippen MR) is 143 cm³/mol. The Morgan fingerprint density at radius 3 is 2.30 bits per heavy atom. The first-order valence-electron chi connectivity index (χ1n) is 14.6. The summed E-state index contributed by atoms with van der Waals surface area (Å²) < 4.78 is 5.83. The second kappa shape index (κ2) is 8.13. The number of rotatable bonds is 2. The van der Waals surface area contributed by atoms with Gasteiger partial charge in [-0.2, -0.15) is 4.99 Å². The van der Waals surface area contributed by atoms with Gasteiger partial charge in [0.15, 0.2) is 5.78 Å². The molecule has 0 aromatic carbocycles. The van der Waals surface area contributed by atoms with Crippen LogP contribution in [0.3, 0.4) is 0 Å². The van der Waals surface area contributed by atoms with E-state index in [4.69, 9.17) is 4.74 Å². The van der Waals surface area contributed by atoms with Crippen molar-refractivity contribution >= 4 is 17.8 Å². The summed E-state index contributed by atoms with van der Waals surface area (Å²) in [4.78, 5) is 41.8. The van der Waals surface area contributed by atoms with Gasteiger partial charge in [-0.3, -0.25) is 9.59 Å². The summed E-state index contributed by atoms with van der Waals surface area (Å²) in [6, 6.07) is 0. The molecule has 5 rings (SSSR count). The maximum Gasteiger partial charge on any atom is 0.302 e. The van der Waals surface area contributed by atoms with Crippen LogP contribution in [0.25, 0.3) is 0 Å². The standard InChI is InChI=1S/C32H47NO4/c1-20(35)37-25-10-11-30(6)24(27(25,2)3)9-12-32(8)26(30)23(36)17-21-22-18-29(5,33-19-34)15-13-28(22,4)14-16-31(21,32)7/h17,22,24-26H,9-16,18H2,1-8H3/t22-,24?,25?,26?,28-,29+,30+,31-,32-/m1/s1. The minimum absolute atomic E-state index is 0.0302. The molecule has 5 aliphatic carbocycles. The molecule has 0 amide bonds. The molecule has 5 aliphatic rings. The maximum atomic E-state index is 14.4. The zero-order valence-electron chi connectivity index (χ0n) is 24.3. The molecule has 204 valence electrons. The highest BCUT2D eigenvalue weighted by Gasteiger charge is 2.70. The van der Waals surface area contributed by atoms with Gasteiger partial charge in [0.05, 0.1) is 5.54 Å². The van der Waals surface area contributed by atoms with Crippen LogP contribution in [-0.4, -0.2) is 29.5 Å². The Labute approximate surface area is 223 Å². The molecule has 4 fully saturated rings. The molecule has 5 nitrogen and oxygen atoms in total. The highest BCUT2D eigenvalue weighted by atomic mass is 16.5. The van der Waals surface area contributed by atoms with Crippen molar-refractivity contribution in [3.63, 3.8) is 0 Å². The lowest BCUT2D eigenvalue weighted by atomic mass is 9.33. The Morgan fingerprint density at radius 2 is 1.65 bits per heavy atom. The number of hydrogen-bond donors (Lipinski definition) is 0. The lowest BCUT2D eigenvalue weighted by Gasteiger charge is -2.70. The summed E-state index contributed by atoms with van der Waals surface area (Å²) in [5.74, 6) is 0.662. The average molecular weight is 510 g/mol. The summed E-state index contributed by atoms with van der Waals surface area (Å²) in [5, 5.41) is 0. The second-order valence-corrected chi connectivity index (χ2v) is 15.4. The smallest absolute Gasteiger partial charge is 0.302 e. The Balaban J connectivity index is 1.58. The molecule has 0 aromatic heterocycles. The fraction of sp³-hybridized carbons (Fsp3) is 0.844. The molecule has 0 spiro atoms. The van der Waals surface area contributed by atoms with Crippen LogP contribution in [0.5, 0.6) is 0 Å². The number of carbonyl (C=O) groups excluding carboxylic acids is 3. The Hall–Kier alpha value is -1.74. The van der Waals surface area contributed by atoms with Gasteiger partial charge in [-0.1, -0.05) is 47.1 Å². The van der Waals surface area contributed by atoms with Crippen LogP contribution in [0.4, 0.5) is 0 Å². The average Bonchev–Trinajstić information content (AvgIpc) is 2.78. The van der Waals surface area contributed by atoms with Crippen molar-refractivity contribution in [3.8, 4) is 0 Å². The van der Waals surface area contributed by atoms with E-state index < -0.39 is 5.54 Å². The fourth-order valence-corrected chi connectivity index (χ4v) is 10.8. The number of allylic oxidation sites excluding steroid dienone is 2. The zero-order chi connectivity index (χ0) is 27.2. The molecule has 0 aromatic rings. The third-order valence-electron chi connectivity index (χ3n) is 13.1.